The highest BCUT2D eigenvalue weighted by atomic mass is 19.1. The highest BCUT2D eigenvalue weighted by Gasteiger charge is 2.32. The lowest BCUT2D eigenvalue weighted by Crippen LogP contribution is -2.41. The van der Waals surface area contributed by atoms with Crippen molar-refractivity contribution in [2.24, 2.45) is 5.92 Å². The summed E-state index contributed by atoms with van der Waals surface area (Å²) in [5, 5.41) is 9.13. The van der Waals surface area contributed by atoms with Gasteiger partial charge in [0.05, 0.1) is 11.7 Å². The maximum absolute atomic E-state index is 13.4. The lowest BCUT2D eigenvalue weighted by molar-refractivity contribution is -0.0102. The van der Waals surface area contributed by atoms with Gasteiger partial charge in [0.2, 0.25) is 0 Å². The number of halogens is 1. The number of allylic oxidation sites excluding steroid dienone is 4. The Balaban J connectivity index is 1.64. The van der Waals surface area contributed by atoms with Gasteiger partial charge in [0.15, 0.2) is 0 Å². The van der Waals surface area contributed by atoms with Crippen LogP contribution in [0.1, 0.15) is 39.1 Å². The third-order valence-electron chi connectivity index (χ3n) is 5.84. The zero-order valence-electron chi connectivity index (χ0n) is 19.7. The first-order valence-corrected chi connectivity index (χ1v) is 11.4. The second-order valence-corrected chi connectivity index (χ2v) is 8.45. The Hall–Kier alpha value is -3.71. The van der Waals surface area contributed by atoms with Crippen LogP contribution in [0.15, 0.2) is 85.2 Å². The Labute approximate surface area is 205 Å². The fraction of sp³-hybridized carbons (Fsp3) is 0.286. The number of nitrogens with zero attached hydrogens (tertiary/aromatic N) is 1. The van der Waals surface area contributed by atoms with Gasteiger partial charge in [-0.3, -0.25) is 4.79 Å². The van der Waals surface area contributed by atoms with Gasteiger partial charge in [0.1, 0.15) is 18.2 Å². The van der Waals surface area contributed by atoms with Gasteiger partial charge in [0.25, 0.3) is 5.91 Å². The number of ether oxygens (including phenoxy) is 2. The summed E-state index contributed by atoms with van der Waals surface area (Å²) < 4.78 is 23.5. The fourth-order valence-electron chi connectivity index (χ4n) is 3.83. The third-order valence-corrected chi connectivity index (χ3v) is 5.84. The maximum Gasteiger partial charge on any atom is 0.335 e. The molecule has 0 aliphatic heterocycles. The van der Waals surface area contributed by atoms with E-state index in [9.17, 15) is 14.0 Å². The minimum absolute atomic E-state index is 0.101. The van der Waals surface area contributed by atoms with Crippen LogP contribution in [0.3, 0.4) is 0 Å². The molecule has 1 saturated carbocycles. The predicted octanol–water partition coefficient (Wildman–Crippen LogP) is 5.43. The molecule has 184 valence electrons. The zero-order valence-corrected chi connectivity index (χ0v) is 19.7. The number of hydrogen-bond donors (Lipinski definition) is 1. The summed E-state index contributed by atoms with van der Waals surface area (Å²) in [5.41, 5.74) is 1.62. The molecule has 0 heterocycles. The number of carboxylic acids is 1. The van der Waals surface area contributed by atoms with Crippen LogP contribution in [-0.2, 0) is 11.3 Å². The van der Waals surface area contributed by atoms with Gasteiger partial charge < -0.3 is 19.5 Å². The Morgan fingerprint density at radius 1 is 1.09 bits per heavy atom. The number of aromatic carboxylic acids is 1. The minimum atomic E-state index is -0.982. The molecule has 35 heavy (non-hydrogen) atoms. The van der Waals surface area contributed by atoms with Crippen LogP contribution in [0.2, 0.25) is 0 Å². The standard InChI is InChI=1S/C28H30FNO5/c1-20(29)6-4-3-5-15-35-25-13-11-23(12-14-25)27(31)30(19-22-16-26(17-22)34-2)18-21-7-9-24(10-8-21)28(32)33/h3-14,22,26H,1,15-19H2,2H3,(H,32,33)/b5-3-,6-4-. The summed E-state index contributed by atoms with van der Waals surface area (Å²) in [6.45, 7) is 4.43. The van der Waals surface area contributed by atoms with Crippen molar-refractivity contribution in [3.63, 3.8) is 0 Å². The van der Waals surface area contributed by atoms with Gasteiger partial charge in [-0.05, 0) is 72.9 Å². The topological polar surface area (TPSA) is 76.1 Å². The van der Waals surface area contributed by atoms with Crippen LogP contribution in [0.5, 0.6) is 5.75 Å². The Kier molecular flexibility index (Phi) is 9.38. The number of carboxylic acid groups (broad SMARTS) is 1. The molecule has 1 aliphatic carbocycles. The summed E-state index contributed by atoms with van der Waals surface area (Å²) in [6, 6.07) is 13.5. The van der Waals surface area contributed by atoms with Crippen molar-refractivity contribution in [1.29, 1.82) is 0 Å². The lowest BCUT2D eigenvalue weighted by Gasteiger charge is -2.37. The Morgan fingerprint density at radius 3 is 2.34 bits per heavy atom. The van der Waals surface area contributed by atoms with Crippen molar-refractivity contribution in [1.82, 2.24) is 4.90 Å². The molecule has 1 fully saturated rings. The quantitative estimate of drug-likeness (QED) is 0.411. The molecule has 3 rings (SSSR count). The number of methoxy groups -OCH3 is 1. The number of rotatable bonds is 12. The van der Waals surface area contributed by atoms with Gasteiger partial charge in [0, 0.05) is 25.8 Å². The first kappa shape index (κ1) is 25.9. The molecule has 0 atom stereocenters. The van der Waals surface area contributed by atoms with E-state index < -0.39 is 11.8 Å². The summed E-state index contributed by atoms with van der Waals surface area (Å²) in [7, 11) is 1.70. The number of amides is 1. The maximum atomic E-state index is 13.4. The van der Waals surface area contributed by atoms with Gasteiger partial charge >= 0.3 is 5.97 Å². The van der Waals surface area contributed by atoms with E-state index in [1.165, 1.54) is 12.2 Å². The largest absolute Gasteiger partial charge is 0.490 e. The van der Waals surface area contributed by atoms with E-state index in [-0.39, 0.29) is 17.6 Å². The molecule has 1 amide bonds. The van der Waals surface area contributed by atoms with Gasteiger partial charge in [-0.1, -0.05) is 30.9 Å². The van der Waals surface area contributed by atoms with Crippen molar-refractivity contribution in [2.45, 2.75) is 25.5 Å². The van der Waals surface area contributed by atoms with E-state index in [0.29, 0.717) is 36.9 Å². The zero-order chi connectivity index (χ0) is 25.2. The predicted molar refractivity (Wildman–Crippen MR) is 132 cm³/mol. The smallest absolute Gasteiger partial charge is 0.335 e. The van der Waals surface area contributed by atoms with Crippen LogP contribution >= 0.6 is 0 Å². The average Bonchev–Trinajstić information content (AvgIpc) is 2.82. The van der Waals surface area contributed by atoms with E-state index in [1.807, 2.05) is 0 Å². The lowest BCUT2D eigenvalue weighted by atomic mass is 9.81. The Bertz CT molecular complexity index is 1070. The normalized spacial score (nSPS) is 17.3. The van der Waals surface area contributed by atoms with Crippen molar-refractivity contribution in [3.05, 3.63) is 102 Å². The first-order valence-electron chi connectivity index (χ1n) is 11.4. The second-order valence-electron chi connectivity index (χ2n) is 8.45. The van der Waals surface area contributed by atoms with Gasteiger partial charge in [-0.25, -0.2) is 9.18 Å². The van der Waals surface area contributed by atoms with E-state index in [0.717, 1.165) is 18.4 Å². The summed E-state index contributed by atoms with van der Waals surface area (Å²) in [6.07, 6.45) is 8.25. The first-order chi connectivity index (χ1) is 16.9. The molecule has 0 radical (unpaired) electrons. The van der Waals surface area contributed by atoms with Gasteiger partial charge in [-0.2, -0.15) is 0 Å². The van der Waals surface area contributed by atoms with Crippen LogP contribution in [0, 0.1) is 5.92 Å². The second kappa shape index (κ2) is 12.7. The number of benzene rings is 2. The summed E-state index contributed by atoms with van der Waals surface area (Å²) in [5.74, 6) is -0.623. The van der Waals surface area contributed by atoms with E-state index in [2.05, 4.69) is 6.58 Å². The van der Waals surface area contributed by atoms with Crippen LogP contribution < -0.4 is 4.74 Å². The molecule has 2 aromatic rings. The average molecular weight is 480 g/mol. The molecule has 0 aromatic heterocycles. The molecule has 7 heteroatoms. The molecule has 2 aromatic carbocycles. The minimum Gasteiger partial charge on any atom is -0.490 e. The molecule has 6 nitrogen and oxygen atoms in total. The van der Waals surface area contributed by atoms with Crippen LogP contribution in [0.4, 0.5) is 4.39 Å². The molecule has 0 unspecified atom stereocenters. The van der Waals surface area contributed by atoms with Gasteiger partial charge in [-0.15, -0.1) is 0 Å². The van der Waals surface area contributed by atoms with Crippen LogP contribution in [-0.4, -0.2) is 48.2 Å². The monoisotopic (exact) mass is 479 g/mol. The summed E-state index contributed by atoms with van der Waals surface area (Å²) in [4.78, 5) is 26.3. The number of hydrogen-bond acceptors (Lipinski definition) is 4. The van der Waals surface area contributed by atoms with Crippen molar-refractivity contribution >= 4 is 11.9 Å². The highest BCUT2D eigenvalue weighted by Crippen LogP contribution is 2.31. The molecule has 0 saturated heterocycles. The molecule has 1 N–H and O–H groups in total. The van der Waals surface area contributed by atoms with Crippen LogP contribution in [0.25, 0.3) is 0 Å². The SMILES string of the molecule is C=C(F)/C=C\C=C/COc1ccc(C(=O)N(Cc2ccc(C(=O)O)cc2)CC2CC(OC)C2)cc1. The number of carbonyl (C=O) groups excluding carboxylic acids is 1. The molecule has 0 spiro atoms. The van der Waals surface area contributed by atoms with Crippen molar-refractivity contribution in [3.8, 4) is 5.75 Å². The van der Waals surface area contributed by atoms with Crippen molar-refractivity contribution < 1.29 is 28.6 Å². The third kappa shape index (κ3) is 7.93. The number of carbonyl (C=O) groups is 2. The highest BCUT2D eigenvalue weighted by molar-refractivity contribution is 5.94. The fourth-order valence-corrected chi connectivity index (χ4v) is 3.83. The van der Waals surface area contributed by atoms with E-state index in [1.54, 1.807) is 72.7 Å². The molecule has 0 bridgehead atoms. The molecular weight excluding hydrogens is 449 g/mol. The summed E-state index contributed by atoms with van der Waals surface area (Å²) >= 11 is 0. The Morgan fingerprint density at radius 2 is 1.74 bits per heavy atom. The molecular formula is C28H30FNO5. The van der Waals surface area contributed by atoms with E-state index >= 15 is 0 Å². The molecule has 1 aliphatic rings. The van der Waals surface area contributed by atoms with E-state index in [4.69, 9.17) is 14.6 Å². The van der Waals surface area contributed by atoms with Crippen molar-refractivity contribution in [2.75, 3.05) is 20.3 Å².